The fourth-order valence-corrected chi connectivity index (χ4v) is 3.50. The first kappa shape index (κ1) is 14.5. The second-order valence-electron chi connectivity index (χ2n) is 4.42. The molecule has 0 amide bonds. The summed E-state index contributed by atoms with van der Waals surface area (Å²) in [5.74, 6) is 0.847. The van der Waals surface area contributed by atoms with Crippen molar-refractivity contribution in [3.63, 3.8) is 0 Å². The van der Waals surface area contributed by atoms with E-state index in [9.17, 15) is 0 Å². The lowest BCUT2D eigenvalue weighted by molar-refractivity contribution is 0.895. The molecule has 3 aromatic rings. The Morgan fingerprint density at radius 2 is 1.67 bits per heavy atom. The van der Waals surface area contributed by atoms with Gasteiger partial charge in [-0.25, -0.2) is 4.98 Å². The summed E-state index contributed by atoms with van der Waals surface area (Å²) in [4.78, 5) is 4.40. The van der Waals surface area contributed by atoms with Crippen molar-refractivity contribution in [2.24, 2.45) is 0 Å². The van der Waals surface area contributed by atoms with Crippen LogP contribution in [0.1, 0.15) is 5.56 Å². The number of hydrogen-bond donors (Lipinski definition) is 0. The molecule has 106 valence electrons. The quantitative estimate of drug-likeness (QED) is 0.588. The van der Waals surface area contributed by atoms with E-state index in [0.29, 0.717) is 10.0 Å². The van der Waals surface area contributed by atoms with Gasteiger partial charge in [0.1, 0.15) is 0 Å². The Morgan fingerprint density at radius 1 is 0.952 bits per heavy atom. The van der Waals surface area contributed by atoms with E-state index in [1.165, 1.54) is 5.56 Å². The molecule has 5 heteroatoms. The van der Waals surface area contributed by atoms with Crippen molar-refractivity contribution in [1.82, 2.24) is 9.55 Å². The molecule has 0 unspecified atom stereocenters. The molecular formula is C16H12Cl2N2S. The molecule has 2 aromatic carbocycles. The van der Waals surface area contributed by atoms with Crippen LogP contribution in [0.2, 0.25) is 10.0 Å². The Bertz CT molecular complexity index is 721. The van der Waals surface area contributed by atoms with Crippen molar-refractivity contribution in [3.8, 4) is 5.69 Å². The average Bonchev–Trinajstić information content (AvgIpc) is 2.94. The third-order valence-corrected chi connectivity index (χ3v) is 4.64. The normalized spacial score (nSPS) is 10.8. The summed E-state index contributed by atoms with van der Waals surface area (Å²) in [5.41, 5.74) is 2.02. The zero-order valence-electron chi connectivity index (χ0n) is 11.0. The maximum absolute atomic E-state index is 6.27. The minimum Gasteiger partial charge on any atom is -0.292 e. The van der Waals surface area contributed by atoms with Gasteiger partial charge in [0.25, 0.3) is 0 Å². The first-order valence-corrected chi connectivity index (χ1v) is 8.14. The molecule has 3 rings (SSSR count). The Balaban J connectivity index is 1.88. The van der Waals surface area contributed by atoms with E-state index in [1.54, 1.807) is 18.0 Å². The van der Waals surface area contributed by atoms with Gasteiger partial charge in [0.2, 0.25) is 0 Å². The Hall–Kier alpha value is -1.42. The first-order chi connectivity index (χ1) is 10.3. The monoisotopic (exact) mass is 334 g/mol. The highest BCUT2D eigenvalue weighted by atomic mass is 35.5. The van der Waals surface area contributed by atoms with E-state index in [0.717, 1.165) is 16.6 Å². The van der Waals surface area contributed by atoms with Crippen molar-refractivity contribution in [3.05, 3.63) is 76.5 Å². The van der Waals surface area contributed by atoms with Crippen LogP contribution in [-0.2, 0) is 5.75 Å². The van der Waals surface area contributed by atoms with Crippen LogP contribution in [0, 0.1) is 0 Å². The lowest BCUT2D eigenvalue weighted by Gasteiger charge is -2.11. The third-order valence-electron chi connectivity index (χ3n) is 3.00. The van der Waals surface area contributed by atoms with Crippen molar-refractivity contribution in [2.75, 3.05) is 0 Å². The SMILES string of the molecule is Clc1cccc(Cl)c1-n1ccnc1SCc1ccccc1. The second-order valence-corrected chi connectivity index (χ2v) is 6.18. The Morgan fingerprint density at radius 3 is 2.38 bits per heavy atom. The van der Waals surface area contributed by atoms with Gasteiger partial charge in [-0.3, -0.25) is 4.57 Å². The van der Waals surface area contributed by atoms with E-state index >= 15 is 0 Å². The lowest BCUT2D eigenvalue weighted by atomic mass is 10.2. The van der Waals surface area contributed by atoms with Crippen molar-refractivity contribution < 1.29 is 0 Å². The highest BCUT2D eigenvalue weighted by Crippen LogP contribution is 2.32. The van der Waals surface area contributed by atoms with Crippen molar-refractivity contribution >= 4 is 35.0 Å². The molecule has 0 aliphatic heterocycles. The molecule has 2 nitrogen and oxygen atoms in total. The number of nitrogens with zero attached hydrogens (tertiary/aromatic N) is 2. The summed E-state index contributed by atoms with van der Waals surface area (Å²) in [5, 5.41) is 2.10. The smallest absolute Gasteiger partial charge is 0.173 e. The molecule has 0 atom stereocenters. The highest BCUT2D eigenvalue weighted by molar-refractivity contribution is 7.98. The number of imidazole rings is 1. The topological polar surface area (TPSA) is 17.8 Å². The van der Waals surface area contributed by atoms with Crippen LogP contribution in [0.4, 0.5) is 0 Å². The molecule has 0 aliphatic carbocycles. The molecule has 0 bridgehead atoms. The number of aromatic nitrogens is 2. The molecule has 0 saturated heterocycles. The van der Waals surface area contributed by atoms with Crippen LogP contribution in [0.5, 0.6) is 0 Å². The number of thioether (sulfide) groups is 1. The van der Waals surface area contributed by atoms with E-state index in [-0.39, 0.29) is 0 Å². The van der Waals surface area contributed by atoms with Crippen molar-refractivity contribution in [1.29, 1.82) is 0 Å². The molecule has 0 fully saturated rings. The van der Waals surface area contributed by atoms with Crippen LogP contribution in [-0.4, -0.2) is 9.55 Å². The number of rotatable bonds is 4. The first-order valence-electron chi connectivity index (χ1n) is 6.40. The number of halogens is 2. The fraction of sp³-hybridized carbons (Fsp3) is 0.0625. The van der Waals surface area contributed by atoms with Crippen LogP contribution >= 0.6 is 35.0 Å². The largest absolute Gasteiger partial charge is 0.292 e. The summed E-state index contributed by atoms with van der Waals surface area (Å²) in [6.07, 6.45) is 3.63. The summed E-state index contributed by atoms with van der Waals surface area (Å²) in [6, 6.07) is 15.8. The van der Waals surface area contributed by atoms with Gasteiger partial charge >= 0.3 is 0 Å². The zero-order chi connectivity index (χ0) is 14.7. The molecule has 0 saturated carbocycles. The summed E-state index contributed by atoms with van der Waals surface area (Å²) in [7, 11) is 0. The lowest BCUT2D eigenvalue weighted by Crippen LogP contribution is -1.97. The number of para-hydroxylation sites is 1. The molecule has 0 spiro atoms. The van der Waals surface area contributed by atoms with Crippen LogP contribution in [0.25, 0.3) is 5.69 Å². The highest BCUT2D eigenvalue weighted by Gasteiger charge is 2.12. The molecule has 0 radical (unpaired) electrons. The van der Waals surface area contributed by atoms with Gasteiger partial charge in [-0.1, -0.05) is 71.4 Å². The van der Waals surface area contributed by atoms with Gasteiger partial charge in [-0.05, 0) is 17.7 Å². The van der Waals surface area contributed by atoms with E-state index < -0.39 is 0 Å². The third kappa shape index (κ3) is 3.26. The van der Waals surface area contributed by atoms with E-state index in [4.69, 9.17) is 23.2 Å². The summed E-state index contributed by atoms with van der Waals surface area (Å²) >= 11 is 14.2. The number of hydrogen-bond acceptors (Lipinski definition) is 2. The van der Waals surface area contributed by atoms with Gasteiger partial charge < -0.3 is 0 Å². The van der Waals surface area contributed by atoms with Crippen molar-refractivity contribution in [2.45, 2.75) is 10.9 Å². The predicted molar refractivity (Wildman–Crippen MR) is 89.6 cm³/mol. The van der Waals surface area contributed by atoms with Gasteiger partial charge in [-0.2, -0.15) is 0 Å². The fourth-order valence-electron chi connectivity index (χ4n) is 2.01. The van der Waals surface area contributed by atoms with Crippen LogP contribution < -0.4 is 0 Å². The minimum absolute atomic E-state index is 0.613. The van der Waals surface area contributed by atoms with Gasteiger partial charge in [0, 0.05) is 18.1 Å². The van der Waals surface area contributed by atoms with E-state index in [1.807, 2.05) is 47.2 Å². The average molecular weight is 335 g/mol. The molecular weight excluding hydrogens is 323 g/mol. The molecule has 0 N–H and O–H groups in total. The maximum atomic E-state index is 6.27. The van der Waals surface area contributed by atoms with Gasteiger partial charge in [-0.15, -0.1) is 0 Å². The van der Waals surface area contributed by atoms with Crippen LogP contribution in [0.3, 0.4) is 0 Å². The minimum atomic E-state index is 0.613. The Labute approximate surface area is 137 Å². The van der Waals surface area contributed by atoms with Gasteiger partial charge in [0.05, 0.1) is 15.7 Å². The molecule has 21 heavy (non-hydrogen) atoms. The molecule has 1 heterocycles. The molecule has 1 aromatic heterocycles. The Kier molecular flexibility index (Phi) is 4.54. The standard InChI is InChI=1S/C16H12Cl2N2S/c17-13-7-4-8-14(18)15(13)20-10-9-19-16(20)21-11-12-5-2-1-3-6-12/h1-10H,11H2. The zero-order valence-corrected chi connectivity index (χ0v) is 13.4. The molecule has 0 aliphatic rings. The summed E-state index contributed by atoms with van der Waals surface area (Å²) in [6.45, 7) is 0. The van der Waals surface area contributed by atoms with E-state index in [2.05, 4.69) is 17.1 Å². The van der Waals surface area contributed by atoms with Gasteiger partial charge in [0.15, 0.2) is 5.16 Å². The number of benzene rings is 2. The summed E-state index contributed by atoms with van der Waals surface area (Å²) < 4.78 is 1.93. The van der Waals surface area contributed by atoms with Crippen LogP contribution in [0.15, 0.2) is 66.1 Å². The predicted octanol–water partition coefficient (Wildman–Crippen LogP) is 5.47. The second kappa shape index (κ2) is 6.56. The maximum Gasteiger partial charge on any atom is 0.173 e.